The molecule has 0 N–H and O–H groups in total. The lowest BCUT2D eigenvalue weighted by Crippen LogP contribution is -2.29. The van der Waals surface area contributed by atoms with Gasteiger partial charge in [-0.1, -0.05) is 12.7 Å². The maximum Gasteiger partial charge on any atom is 0.256 e. The van der Waals surface area contributed by atoms with Crippen molar-refractivity contribution in [1.29, 1.82) is 0 Å². The predicted octanol–water partition coefficient (Wildman–Crippen LogP) is 4.19. The molecule has 23 heavy (non-hydrogen) atoms. The average Bonchev–Trinajstić information content (AvgIpc) is 2.50. The maximum absolute atomic E-state index is 14.4. The molecule has 0 spiro atoms. The molecule has 0 saturated carbocycles. The predicted molar refractivity (Wildman–Crippen MR) is 82.5 cm³/mol. The van der Waals surface area contributed by atoms with Crippen molar-refractivity contribution in [3.63, 3.8) is 0 Å². The Kier molecular flexibility index (Phi) is 5.50. The number of hydrogen-bond donors (Lipinski definition) is 0. The molecular formula is C17H18F3NO2. The molecule has 1 heterocycles. The van der Waals surface area contributed by atoms with Gasteiger partial charge < -0.3 is 14.4 Å². The molecule has 1 aromatic carbocycles. The summed E-state index contributed by atoms with van der Waals surface area (Å²) in [6, 6.07) is 4.25. The van der Waals surface area contributed by atoms with Crippen LogP contribution in [0.3, 0.4) is 0 Å². The van der Waals surface area contributed by atoms with Gasteiger partial charge >= 0.3 is 0 Å². The number of alkyl halides is 2. The topological polar surface area (TPSA) is 21.7 Å². The molecule has 2 rings (SSSR count). The highest BCUT2D eigenvalue weighted by Crippen LogP contribution is 2.33. The number of allylic oxidation sites excluding steroid dienone is 3. The van der Waals surface area contributed by atoms with Crippen molar-refractivity contribution in [3.05, 3.63) is 59.6 Å². The molecule has 0 saturated heterocycles. The van der Waals surface area contributed by atoms with Gasteiger partial charge in [-0.15, -0.1) is 0 Å². The van der Waals surface area contributed by atoms with Crippen molar-refractivity contribution >= 4 is 5.70 Å². The Morgan fingerprint density at radius 1 is 1.26 bits per heavy atom. The van der Waals surface area contributed by atoms with E-state index in [0.717, 1.165) is 5.57 Å². The lowest BCUT2D eigenvalue weighted by atomic mass is 10.0. The monoisotopic (exact) mass is 325 g/mol. The van der Waals surface area contributed by atoms with Crippen LogP contribution in [0.2, 0.25) is 0 Å². The van der Waals surface area contributed by atoms with Crippen molar-refractivity contribution in [1.82, 2.24) is 4.90 Å². The summed E-state index contributed by atoms with van der Waals surface area (Å²) in [6.07, 6.45) is 0.781. The van der Waals surface area contributed by atoms with Crippen molar-refractivity contribution < 1.29 is 22.6 Å². The van der Waals surface area contributed by atoms with Crippen LogP contribution in [0.25, 0.3) is 5.70 Å². The number of ether oxygens (including phenoxy) is 2. The zero-order valence-electron chi connectivity index (χ0n) is 13.0. The van der Waals surface area contributed by atoms with Crippen LogP contribution in [0.5, 0.6) is 5.75 Å². The van der Waals surface area contributed by atoms with Crippen LogP contribution in [0.1, 0.15) is 12.5 Å². The van der Waals surface area contributed by atoms with Gasteiger partial charge in [-0.25, -0.2) is 13.2 Å². The van der Waals surface area contributed by atoms with E-state index in [2.05, 4.69) is 6.58 Å². The smallest absolute Gasteiger partial charge is 0.256 e. The Balaban J connectivity index is 2.36. The van der Waals surface area contributed by atoms with E-state index in [1.165, 1.54) is 24.1 Å². The van der Waals surface area contributed by atoms with Gasteiger partial charge in [0.2, 0.25) is 0 Å². The Bertz CT molecular complexity index is 653. The third-order valence-electron chi connectivity index (χ3n) is 3.44. The number of halogens is 3. The largest absolute Gasteiger partial charge is 0.467 e. The highest BCUT2D eigenvalue weighted by atomic mass is 19.3. The van der Waals surface area contributed by atoms with Gasteiger partial charge in [-0.3, -0.25) is 0 Å². The molecule has 0 amide bonds. The minimum Gasteiger partial charge on any atom is -0.467 e. The van der Waals surface area contributed by atoms with Gasteiger partial charge in [-0.05, 0) is 30.7 Å². The van der Waals surface area contributed by atoms with E-state index in [4.69, 9.17) is 9.47 Å². The van der Waals surface area contributed by atoms with E-state index in [1.807, 2.05) is 0 Å². The average molecular weight is 325 g/mol. The van der Waals surface area contributed by atoms with Gasteiger partial charge in [0.25, 0.3) is 6.43 Å². The summed E-state index contributed by atoms with van der Waals surface area (Å²) in [5.41, 5.74) is 1.74. The third-order valence-corrected chi connectivity index (χ3v) is 3.44. The zero-order chi connectivity index (χ0) is 17.0. The van der Waals surface area contributed by atoms with E-state index < -0.39 is 18.8 Å². The van der Waals surface area contributed by atoms with Gasteiger partial charge in [0.05, 0.1) is 12.2 Å². The highest BCUT2D eigenvalue weighted by Gasteiger charge is 2.24. The van der Waals surface area contributed by atoms with Crippen LogP contribution in [0, 0.1) is 5.82 Å². The fourth-order valence-electron chi connectivity index (χ4n) is 2.25. The molecule has 1 aromatic rings. The zero-order valence-corrected chi connectivity index (χ0v) is 13.0. The number of hydrogen-bond acceptors (Lipinski definition) is 3. The van der Waals surface area contributed by atoms with Crippen LogP contribution >= 0.6 is 0 Å². The minimum atomic E-state index is -2.56. The first-order chi connectivity index (χ1) is 10.9. The second-order valence-electron chi connectivity index (χ2n) is 5.04. The second-order valence-corrected chi connectivity index (χ2v) is 5.04. The third kappa shape index (κ3) is 3.96. The number of benzene rings is 1. The van der Waals surface area contributed by atoms with Gasteiger partial charge in [0, 0.05) is 24.4 Å². The van der Waals surface area contributed by atoms with E-state index in [1.54, 1.807) is 25.1 Å². The summed E-state index contributed by atoms with van der Waals surface area (Å²) >= 11 is 0. The Hall–Kier alpha value is -2.21. The molecule has 3 nitrogen and oxygen atoms in total. The molecule has 6 heteroatoms. The summed E-state index contributed by atoms with van der Waals surface area (Å²) < 4.78 is 50.0. The van der Waals surface area contributed by atoms with E-state index in [0.29, 0.717) is 17.1 Å². The Morgan fingerprint density at radius 3 is 2.61 bits per heavy atom. The molecule has 0 atom stereocenters. The van der Waals surface area contributed by atoms with Gasteiger partial charge in [0.15, 0.2) is 6.79 Å². The molecule has 1 aliphatic heterocycles. The first-order valence-electron chi connectivity index (χ1n) is 6.99. The molecular weight excluding hydrogens is 307 g/mol. The first-order valence-corrected chi connectivity index (χ1v) is 6.99. The van der Waals surface area contributed by atoms with E-state index in [9.17, 15) is 13.2 Å². The van der Waals surface area contributed by atoms with Gasteiger partial charge in [0.1, 0.15) is 11.6 Å². The number of methoxy groups -OCH3 is 1. The summed E-state index contributed by atoms with van der Waals surface area (Å²) in [6.45, 7) is 5.04. The Morgan fingerprint density at radius 2 is 2.00 bits per heavy atom. The summed E-state index contributed by atoms with van der Waals surface area (Å²) in [5, 5.41) is 0. The molecule has 0 fully saturated rings. The summed E-state index contributed by atoms with van der Waals surface area (Å²) in [7, 11) is 1.46. The first kappa shape index (κ1) is 17.1. The maximum atomic E-state index is 14.4. The fourth-order valence-corrected chi connectivity index (χ4v) is 2.25. The van der Waals surface area contributed by atoms with Crippen LogP contribution in [0.15, 0.2) is 48.2 Å². The normalized spacial score (nSPS) is 14.9. The van der Waals surface area contributed by atoms with Crippen molar-refractivity contribution in [2.75, 3.05) is 20.4 Å². The van der Waals surface area contributed by atoms with Crippen molar-refractivity contribution in [3.8, 4) is 5.75 Å². The van der Waals surface area contributed by atoms with Gasteiger partial charge in [-0.2, -0.15) is 0 Å². The molecule has 0 unspecified atom stereocenters. The second kappa shape index (κ2) is 7.37. The lowest BCUT2D eigenvalue weighted by molar-refractivity contribution is 0.0509. The van der Waals surface area contributed by atoms with Crippen molar-refractivity contribution in [2.24, 2.45) is 0 Å². The molecule has 0 bridgehead atoms. The molecule has 0 radical (unpaired) electrons. The molecule has 124 valence electrons. The molecule has 1 aliphatic rings. The Labute approximate surface area is 133 Å². The van der Waals surface area contributed by atoms with Crippen LogP contribution in [-0.4, -0.2) is 31.8 Å². The lowest BCUT2D eigenvalue weighted by Gasteiger charge is -2.32. The SMILES string of the molecule is C=C1C(C)=CC=C(c2ccc(OCOC)cc2F)N1CC(F)F. The molecule has 0 aromatic heterocycles. The van der Waals surface area contributed by atoms with Crippen LogP contribution in [-0.2, 0) is 4.74 Å². The minimum absolute atomic E-state index is 0.00225. The van der Waals surface area contributed by atoms with E-state index in [-0.39, 0.29) is 12.4 Å². The van der Waals surface area contributed by atoms with Crippen LogP contribution < -0.4 is 4.74 Å². The fraction of sp³-hybridized carbons (Fsp3) is 0.294. The van der Waals surface area contributed by atoms with Crippen LogP contribution in [0.4, 0.5) is 13.2 Å². The van der Waals surface area contributed by atoms with Crippen molar-refractivity contribution in [2.45, 2.75) is 13.3 Å². The number of nitrogens with zero attached hydrogens (tertiary/aromatic N) is 1. The standard InChI is InChI=1S/C17H18F3NO2/c1-11-4-7-16(21(12(11)2)9-17(19)20)14-6-5-13(8-15(14)18)23-10-22-3/h4-8,17H,2,9-10H2,1,3H3. The summed E-state index contributed by atoms with van der Waals surface area (Å²) in [4.78, 5) is 1.33. The van der Waals surface area contributed by atoms with E-state index >= 15 is 0 Å². The molecule has 0 aliphatic carbocycles. The highest BCUT2D eigenvalue weighted by molar-refractivity contribution is 5.71. The number of rotatable bonds is 6. The summed E-state index contributed by atoms with van der Waals surface area (Å²) in [5.74, 6) is -0.264. The quantitative estimate of drug-likeness (QED) is 0.732.